The molecular formula is C23H23FN4S. The fourth-order valence-electron chi connectivity index (χ4n) is 4.53. The maximum atomic E-state index is 13.4. The smallest absolute Gasteiger partial charge is 0.160 e. The number of halogens is 1. The number of amidine groups is 1. The van der Waals surface area contributed by atoms with Gasteiger partial charge in [0.25, 0.3) is 0 Å². The molecule has 6 heteroatoms. The molecule has 0 bridgehead atoms. The van der Waals surface area contributed by atoms with E-state index in [2.05, 4.69) is 47.4 Å². The van der Waals surface area contributed by atoms with Crippen LogP contribution in [0.5, 0.6) is 0 Å². The van der Waals surface area contributed by atoms with Crippen LogP contribution < -0.4 is 0 Å². The first-order chi connectivity index (χ1) is 14.0. The van der Waals surface area contributed by atoms with Gasteiger partial charge >= 0.3 is 0 Å². The van der Waals surface area contributed by atoms with Crippen molar-refractivity contribution in [2.45, 2.75) is 38.1 Å². The molecule has 2 aromatic heterocycles. The number of aromatic nitrogens is 2. The van der Waals surface area contributed by atoms with Crippen molar-refractivity contribution in [1.29, 1.82) is 0 Å². The maximum absolute atomic E-state index is 13.4. The van der Waals surface area contributed by atoms with Gasteiger partial charge in [-0.1, -0.05) is 24.8 Å². The molecule has 2 aliphatic rings. The van der Waals surface area contributed by atoms with Crippen LogP contribution in [0.1, 0.15) is 41.7 Å². The highest BCUT2D eigenvalue weighted by Crippen LogP contribution is 2.48. The molecule has 1 aromatic carbocycles. The van der Waals surface area contributed by atoms with Gasteiger partial charge in [-0.3, -0.25) is 9.98 Å². The Morgan fingerprint density at radius 3 is 2.62 bits per heavy atom. The number of aliphatic imine (C=N–C) groups is 1. The number of nitrogens with zero attached hydrogens (tertiary/aromatic N) is 4. The minimum atomic E-state index is -0.219. The van der Waals surface area contributed by atoms with E-state index in [1.807, 2.05) is 42.2 Å². The van der Waals surface area contributed by atoms with Crippen molar-refractivity contribution in [3.63, 3.8) is 0 Å². The van der Waals surface area contributed by atoms with Crippen LogP contribution in [0.4, 0.5) is 4.39 Å². The molecule has 0 unspecified atom stereocenters. The Kier molecular flexibility index (Phi) is 4.46. The van der Waals surface area contributed by atoms with E-state index in [1.54, 1.807) is 0 Å². The Morgan fingerprint density at radius 2 is 1.90 bits per heavy atom. The lowest BCUT2D eigenvalue weighted by molar-refractivity contribution is 0.320. The number of pyridine rings is 1. The minimum absolute atomic E-state index is 0.0200. The first-order valence-corrected chi connectivity index (χ1v) is 10.8. The van der Waals surface area contributed by atoms with Crippen LogP contribution in [-0.4, -0.2) is 31.4 Å². The van der Waals surface area contributed by atoms with E-state index >= 15 is 0 Å². The van der Waals surface area contributed by atoms with Crippen LogP contribution in [0, 0.1) is 19.7 Å². The van der Waals surface area contributed by atoms with Crippen molar-refractivity contribution in [3.8, 4) is 5.69 Å². The second kappa shape index (κ2) is 7.02. The normalized spacial score (nSPS) is 23.4. The molecule has 3 aromatic rings. The second-order valence-corrected chi connectivity index (χ2v) is 9.18. The van der Waals surface area contributed by atoms with Crippen molar-refractivity contribution in [2.75, 3.05) is 6.54 Å². The fourth-order valence-corrected chi connectivity index (χ4v) is 5.62. The van der Waals surface area contributed by atoms with Gasteiger partial charge < -0.3 is 9.47 Å². The van der Waals surface area contributed by atoms with Crippen LogP contribution in [-0.2, 0) is 0 Å². The molecule has 3 atom stereocenters. The van der Waals surface area contributed by atoms with Crippen molar-refractivity contribution >= 4 is 16.9 Å². The summed E-state index contributed by atoms with van der Waals surface area (Å²) < 4.78 is 15.6. The third-order valence-corrected chi connectivity index (χ3v) is 6.86. The van der Waals surface area contributed by atoms with Gasteiger partial charge in [-0.05, 0) is 61.9 Å². The SMILES string of the molecule is Cc1cc([C@H]2[C@@H](c3ccccn3)N=C3S[C@@H](C)CN32)c(C)n1-c1ccc(F)cc1. The fraction of sp³-hybridized carbons (Fsp3) is 0.304. The summed E-state index contributed by atoms with van der Waals surface area (Å²) in [6, 6.07) is 15.1. The van der Waals surface area contributed by atoms with Crippen LogP contribution >= 0.6 is 11.8 Å². The minimum Gasteiger partial charge on any atom is -0.341 e. The summed E-state index contributed by atoms with van der Waals surface area (Å²) in [5.41, 5.74) is 5.54. The average molecular weight is 407 g/mol. The van der Waals surface area contributed by atoms with Crippen molar-refractivity contribution in [2.24, 2.45) is 4.99 Å². The van der Waals surface area contributed by atoms with E-state index in [4.69, 9.17) is 4.99 Å². The molecule has 1 fully saturated rings. The van der Waals surface area contributed by atoms with Crippen LogP contribution in [0.3, 0.4) is 0 Å². The monoisotopic (exact) mass is 406 g/mol. The van der Waals surface area contributed by atoms with Crippen LogP contribution in [0.25, 0.3) is 5.69 Å². The molecule has 0 N–H and O–H groups in total. The highest BCUT2D eigenvalue weighted by molar-refractivity contribution is 8.14. The molecule has 29 heavy (non-hydrogen) atoms. The van der Waals surface area contributed by atoms with Crippen LogP contribution in [0.2, 0.25) is 0 Å². The van der Waals surface area contributed by atoms with Gasteiger partial charge in [0.05, 0.1) is 11.7 Å². The topological polar surface area (TPSA) is 33.4 Å². The van der Waals surface area contributed by atoms with E-state index in [0.29, 0.717) is 5.25 Å². The molecule has 1 saturated heterocycles. The molecule has 4 heterocycles. The predicted molar refractivity (Wildman–Crippen MR) is 116 cm³/mol. The first-order valence-electron chi connectivity index (χ1n) is 9.89. The molecule has 0 radical (unpaired) electrons. The number of fused-ring (bicyclic) bond motifs is 1. The molecule has 2 aliphatic heterocycles. The summed E-state index contributed by atoms with van der Waals surface area (Å²) in [5.74, 6) is -0.219. The predicted octanol–water partition coefficient (Wildman–Crippen LogP) is 5.22. The summed E-state index contributed by atoms with van der Waals surface area (Å²) in [4.78, 5) is 12.1. The van der Waals surface area contributed by atoms with Gasteiger partial charge in [0.15, 0.2) is 5.17 Å². The summed E-state index contributed by atoms with van der Waals surface area (Å²) in [6.07, 6.45) is 1.84. The van der Waals surface area contributed by atoms with Gasteiger partial charge in [-0.15, -0.1) is 0 Å². The Hall–Kier alpha value is -2.60. The average Bonchev–Trinajstić information content (AvgIpc) is 3.33. The Labute approximate surface area is 174 Å². The molecular weight excluding hydrogens is 383 g/mol. The molecule has 148 valence electrons. The van der Waals surface area contributed by atoms with Gasteiger partial charge in [0.1, 0.15) is 11.9 Å². The van der Waals surface area contributed by atoms with Gasteiger partial charge in [0, 0.05) is 35.1 Å². The van der Waals surface area contributed by atoms with Gasteiger partial charge in [-0.25, -0.2) is 4.39 Å². The van der Waals surface area contributed by atoms with E-state index in [-0.39, 0.29) is 17.9 Å². The molecule has 0 spiro atoms. The molecule has 0 saturated carbocycles. The number of thioether (sulfide) groups is 1. The summed E-state index contributed by atoms with van der Waals surface area (Å²) in [6.45, 7) is 7.48. The maximum Gasteiger partial charge on any atom is 0.160 e. The van der Waals surface area contributed by atoms with Crippen molar-refractivity contribution < 1.29 is 4.39 Å². The quantitative estimate of drug-likeness (QED) is 0.598. The van der Waals surface area contributed by atoms with E-state index in [9.17, 15) is 4.39 Å². The van der Waals surface area contributed by atoms with Gasteiger partial charge in [0.2, 0.25) is 0 Å². The van der Waals surface area contributed by atoms with Crippen molar-refractivity contribution in [3.05, 3.63) is 83.2 Å². The zero-order valence-electron chi connectivity index (χ0n) is 16.7. The molecule has 4 nitrogen and oxygen atoms in total. The second-order valence-electron chi connectivity index (χ2n) is 7.78. The lowest BCUT2D eigenvalue weighted by Crippen LogP contribution is -2.28. The van der Waals surface area contributed by atoms with E-state index < -0.39 is 0 Å². The van der Waals surface area contributed by atoms with Gasteiger partial charge in [-0.2, -0.15) is 0 Å². The first kappa shape index (κ1) is 18.4. The largest absolute Gasteiger partial charge is 0.341 e. The number of rotatable bonds is 3. The Bertz CT molecular complexity index is 1070. The van der Waals surface area contributed by atoms with Crippen molar-refractivity contribution in [1.82, 2.24) is 14.5 Å². The standard InChI is InChI=1S/C23H23FN4S/c1-14-12-19(16(3)28(14)18-9-7-17(24)8-10-18)22-21(20-6-4-5-11-25-20)26-23-27(22)13-15(2)29-23/h4-12,15,21-22H,13H2,1-3H3/t15-,21+,22-/m0/s1. The molecule has 0 aliphatic carbocycles. The third kappa shape index (κ3) is 3.06. The third-order valence-electron chi connectivity index (χ3n) is 5.76. The Morgan fingerprint density at radius 1 is 1.10 bits per heavy atom. The lowest BCUT2D eigenvalue weighted by atomic mass is 9.96. The van der Waals surface area contributed by atoms with E-state index in [0.717, 1.165) is 28.8 Å². The zero-order chi connectivity index (χ0) is 20.1. The molecule has 5 rings (SSSR count). The summed E-state index contributed by atoms with van der Waals surface area (Å²) in [5, 5.41) is 1.64. The number of aryl methyl sites for hydroxylation is 1. The number of hydrogen-bond acceptors (Lipinski definition) is 4. The Balaban J connectivity index is 1.62. The van der Waals surface area contributed by atoms with E-state index in [1.165, 1.54) is 23.4 Å². The highest BCUT2D eigenvalue weighted by atomic mass is 32.2. The zero-order valence-corrected chi connectivity index (χ0v) is 17.5. The summed E-state index contributed by atoms with van der Waals surface area (Å²) >= 11 is 1.85. The summed E-state index contributed by atoms with van der Waals surface area (Å²) in [7, 11) is 0. The number of hydrogen-bond donors (Lipinski definition) is 0. The van der Waals surface area contributed by atoms with Crippen LogP contribution in [0.15, 0.2) is 59.7 Å². The molecule has 0 amide bonds. The number of benzene rings is 1. The lowest BCUT2D eigenvalue weighted by Gasteiger charge is -2.27. The highest BCUT2D eigenvalue weighted by Gasteiger charge is 2.44.